The molecule has 136 valence electrons. The number of sulfonamides is 1. The molecule has 4 rings (SSSR count). The van der Waals surface area contributed by atoms with Gasteiger partial charge >= 0.3 is 0 Å². The second-order valence-corrected chi connectivity index (χ2v) is 8.93. The summed E-state index contributed by atoms with van der Waals surface area (Å²) in [5.74, 6) is -0.250. The maximum Gasteiger partial charge on any atom is 0.240 e. The molecular weight excluding hydrogens is 372 g/mol. The van der Waals surface area contributed by atoms with E-state index in [0.717, 1.165) is 35.2 Å². The Hall–Kier alpha value is -1.89. The Morgan fingerprint density at radius 1 is 1.27 bits per heavy atom. The molecule has 7 heteroatoms. The molecular formula is C19H19ClN2O3S. The lowest BCUT2D eigenvalue weighted by atomic mass is 9.97. The molecule has 26 heavy (non-hydrogen) atoms. The topological polar surface area (TPSA) is 66.5 Å². The number of hydrogen-bond donors (Lipinski definition) is 1. The highest BCUT2D eigenvalue weighted by molar-refractivity contribution is 7.89. The monoisotopic (exact) mass is 390 g/mol. The first-order valence-corrected chi connectivity index (χ1v) is 10.5. The van der Waals surface area contributed by atoms with Crippen LogP contribution in [0.15, 0.2) is 41.3 Å². The molecule has 2 aromatic rings. The standard InChI is InChI=1S/C19H19ClN2O3S/c1-12-16-10-15(9-13-6-4-8-22(18(13)16)19(12)23)26(24,25)21-11-14-5-2-3-7-17(14)20/h2-3,5,7,9-10,12,21H,4,6,8,11H2,1H3/t12-/m0/s1. The van der Waals surface area contributed by atoms with E-state index in [1.807, 2.05) is 13.0 Å². The van der Waals surface area contributed by atoms with E-state index < -0.39 is 10.0 Å². The number of nitrogens with one attached hydrogen (secondary N) is 1. The molecule has 1 N–H and O–H groups in total. The lowest BCUT2D eigenvalue weighted by Gasteiger charge is -2.26. The van der Waals surface area contributed by atoms with Gasteiger partial charge in [0.1, 0.15) is 0 Å². The predicted molar refractivity (Wildman–Crippen MR) is 101 cm³/mol. The molecule has 2 aliphatic rings. The summed E-state index contributed by atoms with van der Waals surface area (Å²) < 4.78 is 28.3. The minimum atomic E-state index is -3.70. The zero-order valence-electron chi connectivity index (χ0n) is 14.3. The van der Waals surface area contributed by atoms with Gasteiger partial charge in [0, 0.05) is 18.1 Å². The summed E-state index contributed by atoms with van der Waals surface area (Å²) in [6.07, 6.45) is 1.63. The van der Waals surface area contributed by atoms with Crippen LogP contribution in [-0.2, 0) is 27.8 Å². The van der Waals surface area contributed by atoms with E-state index in [-0.39, 0.29) is 23.3 Å². The number of aryl methyl sites for hydroxylation is 1. The van der Waals surface area contributed by atoms with Crippen molar-refractivity contribution in [3.63, 3.8) is 0 Å². The third-order valence-corrected chi connectivity index (χ3v) is 6.86. The van der Waals surface area contributed by atoms with Crippen LogP contribution in [0.2, 0.25) is 5.02 Å². The van der Waals surface area contributed by atoms with Gasteiger partial charge in [0.05, 0.1) is 16.5 Å². The molecule has 1 atom stereocenters. The Labute approximate surface area is 158 Å². The van der Waals surface area contributed by atoms with Crippen LogP contribution in [0, 0.1) is 0 Å². The number of hydrogen-bond acceptors (Lipinski definition) is 3. The summed E-state index contributed by atoms with van der Waals surface area (Å²) in [6.45, 7) is 2.67. The van der Waals surface area contributed by atoms with Crippen molar-refractivity contribution in [1.29, 1.82) is 0 Å². The number of amides is 1. The van der Waals surface area contributed by atoms with Crippen molar-refractivity contribution in [3.05, 3.63) is 58.1 Å². The smallest absolute Gasteiger partial charge is 0.240 e. The first kappa shape index (κ1) is 17.5. The van der Waals surface area contributed by atoms with Crippen molar-refractivity contribution >= 4 is 33.2 Å². The summed E-state index contributed by atoms with van der Waals surface area (Å²) in [5.41, 5.74) is 3.38. The number of carbonyl (C=O) groups is 1. The lowest BCUT2D eigenvalue weighted by Crippen LogP contribution is -2.32. The van der Waals surface area contributed by atoms with Crippen LogP contribution in [0.4, 0.5) is 5.69 Å². The van der Waals surface area contributed by atoms with Crippen LogP contribution in [-0.4, -0.2) is 20.9 Å². The number of benzene rings is 2. The van der Waals surface area contributed by atoms with E-state index >= 15 is 0 Å². The number of rotatable bonds is 4. The first-order chi connectivity index (χ1) is 12.4. The Balaban J connectivity index is 1.68. The maximum atomic E-state index is 12.8. The maximum absolute atomic E-state index is 12.8. The minimum absolute atomic E-state index is 0.0551. The van der Waals surface area contributed by atoms with Gasteiger partial charge < -0.3 is 4.90 Å². The molecule has 0 aromatic heterocycles. The highest BCUT2D eigenvalue weighted by Gasteiger charge is 2.38. The van der Waals surface area contributed by atoms with Crippen molar-refractivity contribution in [2.45, 2.75) is 37.1 Å². The predicted octanol–water partition coefficient (Wildman–Crippen LogP) is 3.21. The van der Waals surface area contributed by atoms with Gasteiger partial charge in [0.2, 0.25) is 15.9 Å². The summed E-state index contributed by atoms with van der Waals surface area (Å²) in [7, 11) is -3.70. The number of carbonyl (C=O) groups excluding carboxylic acids is 1. The van der Waals surface area contributed by atoms with Gasteiger partial charge in [0.25, 0.3) is 0 Å². The van der Waals surface area contributed by atoms with Crippen LogP contribution < -0.4 is 9.62 Å². The van der Waals surface area contributed by atoms with Crippen molar-refractivity contribution in [1.82, 2.24) is 4.72 Å². The Morgan fingerprint density at radius 2 is 2.04 bits per heavy atom. The normalized spacial score (nSPS) is 18.9. The van der Waals surface area contributed by atoms with Gasteiger partial charge in [-0.25, -0.2) is 13.1 Å². The molecule has 0 radical (unpaired) electrons. The van der Waals surface area contributed by atoms with Crippen molar-refractivity contribution in [2.24, 2.45) is 0 Å². The zero-order valence-corrected chi connectivity index (χ0v) is 15.9. The number of halogens is 1. The molecule has 0 saturated heterocycles. The third kappa shape index (κ3) is 2.82. The summed E-state index contributed by atoms with van der Waals surface area (Å²) in [5, 5.41) is 0.522. The zero-order chi connectivity index (χ0) is 18.5. The van der Waals surface area contributed by atoms with Crippen LogP contribution in [0.25, 0.3) is 0 Å². The molecule has 2 aromatic carbocycles. The van der Waals surface area contributed by atoms with Gasteiger partial charge in [-0.05, 0) is 54.7 Å². The molecule has 2 aliphatic heterocycles. The van der Waals surface area contributed by atoms with Crippen LogP contribution in [0.5, 0.6) is 0 Å². The van der Waals surface area contributed by atoms with Crippen LogP contribution >= 0.6 is 11.6 Å². The van der Waals surface area contributed by atoms with Gasteiger partial charge in [-0.1, -0.05) is 29.8 Å². The Kier molecular flexibility index (Phi) is 4.29. The molecule has 0 spiro atoms. The molecule has 0 bridgehead atoms. The third-order valence-electron chi connectivity index (χ3n) is 5.11. The summed E-state index contributed by atoms with van der Waals surface area (Å²) in [4.78, 5) is 14.4. The molecule has 0 saturated carbocycles. The SMILES string of the molecule is C[C@@H]1C(=O)N2CCCc3cc(S(=O)(=O)NCc4ccccc4Cl)cc1c32. The van der Waals surface area contributed by atoms with Gasteiger partial charge in [0.15, 0.2) is 0 Å². The average Bonchev–Trinajstić information content (AvgIpc) is 2.88. The van der Waals surface area contributed by atoms with E-state index in [4.69, 9.17) is 11.6 Å². The first-order valence-electron chi connectivity index (χ1n) is 8.60. The van der Waals surface area contributed by atoms with Crippen molar-refractivity contribution < 1.29 is 13.2 Å². The van der Waals surface area contributed by atoms with Gasteiger partial charge in [-0.15, -0.1) is 0 Å². The molecule has 5 nitrogen and oxygen atoms in total. The average molecular weight is 391 g/mol. The number of nitrogens with zero attached hydrogens (tertiary/aromatic N) is 1. The second-order valence-electron chi connectivity index (χ2n) is 6.75. The van der Waals surface area contributed by atoms with E-state index in [1.54, 1.807) is 35.2 Å². The highest BCUT2D eigenvalue weighted by Crippen LogP contribution is 2.43. The minimum Gasteiger partial charge on any atom is -0.311 e. The molecule has 0 aliphatic carbocycles. The molecule has 0 unspecified atom stereocenters. The Morgan fingerprint density at radius 3 is 2.81 bits per heavy atom. The highest BCUT2D eigenvalue weighted by atomic mass is 35.5. The van der Waals surface area contributed by atoms with E-state index in [0.29, 0.717) is 11.6 Å². The van der Waals surface area contributed by atoms with Gasteiger partial charge in [-0.2, -0.15) is 0 Å². The lowest BCUT2D eigenvalue weighted by molar-refractivity contribution is -0.119. The fraction of sp³-hybridized carbons (Fsp3) is 0.316. The molecule has 1 amide bonds. The summed E-state index contributed by atoms with van der Waals surface area (Å²) in [6, 6.07) is 10.5. The fourth-order valence-electron chi connectivity index (χ4n) is 3.72. The fourth-order valence-corrected chi connectivity index (χ4v) is 5.01. The second kappa shape index (κ2) is 6.37. The van der Waals surface area contributed by atoms with Gasteiger partial charge in [-0.3, -0.25) is 4.79 Å². The largest absolute Gasteiger partial charge is 0.311 e. The van der Waals surface area contributed by atoms with Crippen molar-refractivity contribution in [3.8, 4) is 0 Å². The Bertz CT molecular complexity index is 1000. The quantitative estimate of drug-likeness (QED) is 0.871. The summed E-state index contributed by atoms with van der Waals surface area (Å²) >= 11 is 6.10. The van der Waals surface area contributed by atoms with Crippen LogP contribution in [0.3, 0.4) is 0 Å². The molecule has 0 fully saturated rings. The van der Waals surface area contributed by atoms with Crippen LogP contribution in [0.1, 0.15) is 36.0 Å². The number of anilines is 1. The molecule has 2 heterocycles. The van der Waals surface area contributed by atoms with E-state index in [2.05, 4.69) is 4.72 Å². The van der Waals surface area contributed by atoms with E-state index in [1.165, 1.54) is 0 Å². The van der Waals surface area contributed by atoms with E-state index in [9.17, 15) is 13.2 Å². The van der Waals surface area contributed by atoms with Crippen molar-refractivity contribution in [2.75, 3.05) is 11.4 Å².